The Labute approximate surface area is 142 Å². The summed E-state index contributed by atoms with van der Waals surface area (Å²) in [5, 5.41) is 3.02. The van der Waals surface area contributed by atoms with Gasteiger partial charge in [-0.25, -0.2) is 4.79 Å². The van der Waals surface area contributed by atoms with Crippen LogP contribution in [0.2, 0.25) is 0 Å². The third-order valence-corrected chi connectivity index (χ3v) is 4.47. The molecule has 7 heteroatoms. The number of hydrogen-bond donors (Lipinski definition) is 1. The molecular formula is C17H27N3O4. The van der Waals surface area contributed by atoms with Crippen LogP contribution in [0.3, 0.4) is 0 Å². The van der Waals surface area contributed by atoms with Crippen LogP contribution < -0.4 is 5.32 Å². The average Bonchev–Trinajstić information content (AvgIpc) is 3.29. The molecule has 0 aromatic carbocycles. The first-order valence-corrected chi connectivity index (χ1v) is 8.78. The van der Waals surface area contributed by atoms with Gasteiger partial charge >= 0.3 is 6.03 Å². The highest BCUT2D eigenvalue weighted by atomic mass is 16.5. The highest BCUT2D eigenvalue weighted by Crippen LogP contribution is 2.15. The van der Waals surface area contributed by atoms with E-state index in [2.05, 4.69) is 10.2 Å². The van der Waals surface area contributed by atoms with Crippen molar-refractivity contribution in [3.63, 3.8) is 0 Å². The predicted octanol–water partition coefficient (Wildman–Crippen LogP) is 1.30. The van der Waals surface area contributed by atoms with E-state index < -0.39 is 0 Å². The molecule has 2 fully saturated rings. The molecule has 0 radical (unpaired) electrons. The lowest BCUT2D eigenvalue weighted by Gasteiger charge is -2.28. The lowest BCUT2D eigenvalue weighted by atomic mass is 10.2. The second-order valence-corrected chi connectivity index (χ2v) is 6.28. The number of carbonyl (C=O) groups is 1. The van der Waals surface area contributed by atoms with Crippen molar-refractivity contribution in [2.75, 3.05) is 52.5 Å². The summed E-state index contributed by atoms with van der Waals surface area (Å²) >= 11 is 0. The first-order valence-electron chi connectivity index (χ1n) is 8.78. The quantitative estimate of drug-likeness (QED) is 0.812. The van der Waals surface area contributed by atoms with Crippen LogP contribution in [0, 0.1) is 0 Å². The second kappa shape index (κ2) is 9.05. The van der Waals surface area contributed by atoms with Gasteiger partial charge in [-0.05, 0) is 25.0 Å². The van der Waals surface area contributed by atoms with Crippen molar-refractivity contribution >= 4 is 6.03 Å². The number of ether oxygens (including phenoxy) is 2. The van der Waals surface area contributed by atoms with Gasteiger partial charge in [0.05, 0.1) is 32.1 Å². The minimum absolute atomic E-state index is 0.0600. The molecule has 134 valence electrons. The third kappa shape index (κ3) is 5.22. The highest BCUT2D eigenvalue weighted by Gasteiger charge is 2.23. The van der Waals surface area contributed by atoms with Crippen LogP contribution in [0.4, 0.5) is 4.79 Å². The third-order valence-electron chi connectivity index (χ3n) is 4.47. The van der Waals surface area contributed by atoms with Crippen molar-refractivity contribution < 1.29 is 18.7 Å². The SMILES string of the molecule is O=C(NCCN1CCOCC1)N(Cc1ccco1)CC1CCCO1. The number of amides is 2. The van der Waals surface area contributed by atoms with E-state index in [1.165, 1.54) is 0 Å². The molecule has 1 aromatic rings. The summed E-state index contributed by atoms with van der Waals surface area (Å²) in [7, 11) is 0. The van der Waals surface area contributed by atoms with Crippen molar-refractivity contribution in [3.8, 4) is 0 Å². The molecule has 1 aromatic heterocycles. The Hall–Kier alpha value is -1.57. The van der Waals surface area contributed by atoms with Gasteiger partial charge in [-0.3, -0.25) is 4.90 Å². The molecule has 24 heavy (non-hydrogen) atoms. The lowest BCUT2D eigenvalue weighted by molar-refractivity contribution is 0.0383. The summed E-state index contributed by atoms with van der Waals surface area (Å²) in [4.78, 5) is 16.7. The molecule has 0 bridgehead atoms. The number of morpholine rings is 1. The number of furan rings is 1. The van der Waals surface area contributed by atoms with Gasteiger partial charge in [0.2, 0.25) is 0 Å². The first kappa shape index (κ1) is 17.3. The number of nitrogens with one attached hydrogen (secondary N) is 1. The van der Waals surface area contributed by atoms with Crippen LogP contribution in [0.25, 0.3) is 0 Å². The zero-order chi connectivity index (χ0) is 16.6. The standard InChI is InChI=1S/C17H27N3O4/c21-17(18-5-6-19-7-11-22-12-8-19)20(13-15-3-1-9-23-15)14-16-4-2-10-24-16/h1,3,9,16H,2,4-8,10-14H2,(H,18,21). The fourth-order valence-electron chi connectivity index (χ4n) is 3.10. The van der Waals surface area contributed by atoms with Gasteiger partial charge in [0, 0.05) is 39.3 Å². The summed E-state index contributed by atoms with van der Waals surface area (Å²) in [6, 6.07) is 3.68. The number of rotatable bonds is 7. The van der Waals surface area contributed by atoms with E-state index in [1.807, 2.05) is 12.1 Å². The highest BCUT2D eigenvalue weighted by molar-refractivity contribution is 5.74. The van der Waals surface area contributed by atoms with Crippen LogP contribution in [0.1, 0.15) is 18.6 Å². The molecule has 3 rings (SSSR count). The van der Waals surface area contributed by atoms with Crippen LogP contribution in [0.15, 0.2) is 22.8 Å². The molecule has 1 atom stereocenters. The molecule has 2 aliphatic heterocycles. The van der Waals surface area contributed by atoms with Crippen molar-refractivity contribution in [2.24, 2.45) is 0 Å². The van der Waals surface area contributed by atoms with Gasteiger partial charge in [-0.2, -0.15) is 0 Å². The summed E-state index contributed by atoms with van der Waals surface area (Å²) in [6.45, 7) is 6.76. The van der Waals surface area contributed by atoms with Crippen molar-refractivity contribution in [2.45, 2.75) is 25.5 Å². The second-order valence-electron chi connectivity index (χ2n) is 6.28. The van der Waals surface area contributed by atoms with Gasteiger partial charge in [0.15, 0.2) is 0 Å². The molecule has 1 N–H and O–H groups in total. The number of carbonyl (C=O) groups excluding carboxylic acids is 1. The minimum Gasteiger partial charge on any atom is -0.467 e. The van der Waals surface area contributed by atoms with E-state index in [9.17, 15) is 4.79 Å². The average molecular weight is 337 g/mol. The molecule has 0 aliphatic carbocycles. The van der Waals surface area contributed by atoms with Crippen molar-refractivity contribution in [1.82, 2.24) is 15.1 Å². The molecule has 7 nitrogen and oxygen atoms in total. The number of hydrogen-bond acceptors (Lipinski definition) is 5. The van der Waals surface area contributed by atoms with Gasteiger partial charge in [0.25, 0.3) is 0 Å². The van der Waals surface area contributed by atoms with Crippen LogP contribution in [0.5, 0.6) is 0 Å². The fraction of sp³-hybridized carbons (Fsp3) is 0.706. The molecule has 2 amide bonds. The van der Waals surface area contributed by atoms with Crippen LogP contribution >= 0.6 is 0 Å². The molecule has 2 aliphatic rings. The Bertz CT molecular complexity index is 482. The number of nitrogens with zero attached hydrogens (tertiary/aromatic N) is 2. The van der Waals surface area contributed by atoms with Gasteiger partial charge < -0.3 is 24.1 Å². The lowest BCUT2D eigenvalue weighted by Crippen LogP contribution is -2.46. The monoisotopic (exact) mass is 337 g/mol. The predicted molar refractivity (Wildman–Crippen MR) is 88.7 cm³/mol. The van der Waals surface area contributed by atoms with Crippen molar-refractivity contribution in [3.05, 3.63) is 24.2 Å². The van der Waals surface area contributed by atoms with Crippen molar-refractivity contribution in [1.29, 1.82) is 0 Å². The van der Waals surface area contributed by atoms with Gasteiger partial charge in [-0.15, -0.1) is 0 Å². The largest absolute Gasteiger partial charge is 0.467 e. The molecule has 3 heterocycles. The van der Waals surface area contributed by atoms with E-state index in [0.29, 0.717) is 19.6 Å². The topological polar surface area (TPSA) is 67.2 Å². The van der Waals surface area contributed by atoms with Gasteiger partial charge in [0.1, 0.15) is 5.76 Å². The minimum atomic E-state index is -0.0600. The van der Waals surface area contributed by atoms with Gasteiger partial charge in [-0.1, -0.05) is 0 Å². The normalized spacial score (nSPS) is 21.8. The summed E-state index contributed by atoms with van der Waals surface area (Å²) in [5.74, 6) is 0.788. The van der Waals surface area contributed by atoms with E-state index in [4.69, 9.17) is 13.9 Å². The molecule has 0 saturated carbocycles. The maximum atomic E-state index is 12.6. The first-order chi connectivity index (χ1) is 11.8. The Kier molecular flexibility index (Phi) is 6.51. The van der Waals surface area contributed by atoms with Crippen LogP contribution in [-0.2, 0) is 16.0 Å². The van der Waals surface area contributed by atoms with Crippen LogP contribution in [-0.4, -0.2) is 74.5 Å². The smallest absolute Gasteiger partial charge is 0.317 e. The number of urea groups is 1. The maximum absolute atomic E-state index is 12.6. The Balaban J connectivity index is 1.47. The molecular weight excluding hydrogens is 310 g/mol. The summed E-state index contributed by atoms with van der Waals surface area (Å²) < 4.78 is 16.4. The van der Waals surface area contributed by atoms with E-state index in [0.717, 1.165) is 58.1 Å². The maximum Gasteiger partial charge on any atom is 0.317 e. The zero-order valence-corrected chi connectivity index (χ0v) is 14.1. The van der Waals surface area contributed by atoms with E-state index in [1.54, 1.807) is 11.2 Å². The fourth-order valence-corrected chi connectivity index (χ4v) is 3.10. The Morgan fingerprint density at radius 1 is 1.33 bits per heavy atom. The van der Waals surface area contributed by atoms with E-state index >= 15 is 0 Å². The Morgan fingerprint density at radius 3 is 2.92 bits per heavy atom. The molecule has 0 spiro atoms. The zero-order valence-electron chi connectivity index (χ0n) is 14.1. The summed E-state index contributed by atoms with van der Waals surface area (Å²) in [6.07, 6.45) is 3.84. The molecule has 2 saturated heterocycles. The Morgan fingerprint density at radius 2 is 2.21 bits per heavy atom. The summed E-state index contributed by atoms with van der Waals surface area (Å²) in [5.41, 5.74) is 0. The van der Waals surface area contributed by atoms with E-state index in [-0.39, 0.29) is 12.1 Å². The molecule has 1 unspecified atom stereocenters.